The van der Waals surface area contributed by atoms with Gasteiger partial charge >= 0.3 is 0 Å². The molecular weight excluding hydrogens is 248 g/mol. The predicted octanol–water partition coefficient (Wildman–Crippen LogP) is 2.58. The van der Waals surface area contributed by atoms with Gasteiger partial charge in [0.25, 0.3) is 0 Å². The molecule has 1 aromatic rings. The molecule has 1 N–H and O–H groups in total. The van der Waals surface area contributed by atoms with Crippen molar-refractivity contribution in [2.24, 2.45) is 0 Å². The highest BCUT2D eigenvalue weighted by atomic mass is 16.5. The maximum absolute atomic E-state index is 5.34. The molecule has 0 aliphatic carbocycles. The molecule has 1 aromatic carbocycles. The highest BCUT2D eigenvalue weighted by Crippen LogP contribution is 2.24. The first-order valence-corrected chi connectivity index (χ1v) is 7.92. The fourth-order valence-electron chi connectivity index (χ4n) is 3.61. The van der Waals surface area contributed by atoms with Crippen LogP contribution in [0.15, 0.2) is 18.2 Å². The van der Waals surface area contributed by atoms with Crippen molar-refractivity contribution in [3.8, 4) is 5.75 Å². The van der Waals surface area contributed by atoms with Crippen LogP contribution in [0.5, 0.6) is 5.75 Å². The topological polar surface area (TPSA) is 24.5 Å². The molecule has 2 fully saturated rings. The zero-order valence-electron chi connectivity index (χ0n) is 12.7. The van der Waals surface area contributed by atoms with Crippen LogP contribution in [0.25, 0.3) is 0 Å². The Bertz CT molecular complexity index is 460. The normalized spacial score (nSPS) is 26.5. The highest BCUT2D eigenvalue weighted by Gasteiger charge is 2.29. The smallest absolute Gasteiger partial charge is 0.119 e. The summed E-state index contributed by atoms with van der Waals surface area (Å²) in [4.78, 5) is 2.62. The number of fused-ring (bicyclic) bond motifs is 2. The first-order valence-electron chi connectivity index (χ1n) is 7.92. The number of aryl methyl sites for hydroxylation is 1. The molecule has 110 valence electrons. The Labute approximate surface area is 122 Å². The zero-order valence-corrected chi connectivity index (χ0v) is 12.7. The van der Waals surface area contributed by atoms with Crippen LogP contribution in [0.2, 0.25) is 0 Å². The number of ether oxygens (including phenoxy) is 1. The molecule has 3 nitrogen and oxygen atoms in total. The minimum absolute atomic E-state index is 0.714. The van der Waals surface area contributed by atoms with E-state index >= 15 is 0 Å². The second-order valence-corrected chi connectivity index (χ2v) is 6.15. The van der Waals surface area contributed by atoms with E-state index in [9.17, 15) is 0 Å². The third kappa shape index (κ3) is 2.99. The average Bonchev–Trinajstić information content (AvgIpc) is 2.82. The van der Waals surface area contributed by atoms with Gasteiger partial charge in [0.15, 0.2) is 0 Å². The van der Waals surface area contributed by atoms with Gasteiger partial charge in [0.1, 0.15) is 5.75 Å². The van der Waals surface area contributed by atoms with Crippen LogP contribution >= 0.6 is 0 Å². The molecule has 20 heavy (non-hydrogen) atoms. The van der Waals surface area contributed by atoms with Crippen molar-refractivity contribution in [2.75, 3.05) is 20.2 Å². The Kier molecular flexibility index (Phi) is 4.27. The number of methoxy groups -OCH3 is 1. The van der Waals surface area contributed by atoms with E-state index in [1.165, 1.54) is 43.5 Å². The van der Waals surface area contributed by atoms with E-state index in [0.717, 1.165) is 24.8 Å². The minimum Gasteiger partial charge on any atom is -0.497 e. The van der Waals surface area contributed by atoms with Gasteiger partial charge in [-0.2, -0.15) is 0 Å². The molecule has 2 bridgehead atoms. The van der Waals surface area contributed by atoms with Crippen LogP contribution in [-0.4, -0.2) is 37.2 Å². The maximum atomic E-state index is 5.34. The Morgan fingerprint density at radius 3 is 2.85 bits per heavy atom. The molecule has 2 saturated heterocycles. The lowest BCUT2D eigenvalue weighted by Gasteiger charge is -2.25. The summed E-state index contributed by atoms with van der Waals surface area (Å²) >= 11 is 0. The molecule has 2 heterocycles. The number of benzene rings is 1. The number of hydrogen-bond acceptors (Lipinski definition) is 3. The van der Waals surface area contributed by atoms with Crippen molar-refractivity contribution >= 4 is 0 Å². The van der Waals surface area contributed by atoms with E-state index in [-0.39, 0.29) is 0 Å². The molecule has 2 atom stereocenters. The third-order valence-electron chi connectivity index (χ3n) is 4.80. The summed E-state index contributed by atoms with van der Waals surface area (Å²) in [7, 11) is 1.74. The van der Waals surface area contributed by atoms with Crippen molar-refractivity contribution in [2.45, 2.75) is 51.2 Å². The molecule has 0 amide bonds. The first kappa shape index (κ1) is 13.9. The van der Waals surface area contributed by atoms with E-state index in [4.69, 9.17) is 4.74 Å². The molecule has 0 spiro atoms. The van der Waals surface area contributed by atoms with Crippen molar-refractivity contribution in [1.82, 2.24) is 10.2 Å². The molecule has 3 rings (SSSR count). The average molecular weight is 274 g/mol. The first-order chi connectivity index (χ1) is 9.78. The van der Waals surface area contributed by atoms with E-state index < -0.39 is 0 Å². The van der Waals surface area contributed by atoms with E-state index in [1.807, 2.05) is 0 Å². The summed E-state index contributed by atoms with van der Waals surface area (Å²) in [5, 5.41) is 3.75. The fourth-order valence-corrected chi connectivity index (χ4v) is 3.61. The number of nitrogens with zero attached hydrogens (tertiary/aromatic N) is 1. The van der Waals surface area contributed by atoms with E-state index in [2.05, 4.69) is 35.3 Å². The molecule has 3 heteroatoms. The summed E-state index contributed by atoms with van der Waals surface area (Å²) in [5.41, 5.74) is 2.89. The Morgan fingerprint density at radius 1 is 1.20 bits per heavy atom. The maximum Gasteiger partial charge on any atom is 0.119 e. The fraction of sp³-hybridized carbons (Fsp3) is 0.647. The van der Waals surface area contributed by atoms with Gasteiger partial charge in [-0.3, -0.25) is 4.90 Å². The minimum atomic E-state index is 0.714. The van der Waals surface area contributed by atoms with Gasteiger partial charge in [-0.25, -0.2) is 0 Å². The van der Waals surface area contributed by atoms with Crippen molar-refractivity contribution in [3.05, 3.63) is 29.3 Å². The molecule has 0 aromatic heterocycles. The van der Waals surface area contributed by atoms with Crippen LogP contribution in [0.4, 0.5) is 0 Å². The third-order valence-corrected chi connectivity index (χ3v) is 4.80. The van der Waals surface area contributed by atoms with Gasteiger partial charge in [0.05, 0.1) is 7.11 Å². The lowest BCUT2D eigenvalue weighted by molar-refractivity contribution is 0.250. The van der Waals surface area contributed by atoms with Crippen LogP contribution in [0, 0.1) is 0 Å². The molecule has 2 aliphatic rings. The van der Waals surface area contributed by atoms with Gasteiger partial charge in [0.2, 0.25) is 0 Å². The quantitative estimate of drug-likeness (QED) is 0.913. The van der Waals surface area contributed by atoms with Crippen LogP contribution in [0.1, 0.15) is 37.3 Å². The Balaban J connectivity index is 1.70. The van der Waals surface area contributed by atoms with E-state index in [0.29, 0.717) is 6.04 Å². The number of hydrogen-bond donors (Lipinski definition) is 1. The number of likely N-dealkylation sites (tertiary alicyclic amines) is 1. The molecule has 0 saturated carbocycles. The molecule has 2 unspecified atom stereocenters. The lowest BCUT2D eigenvalue weighted by Crippen LogP contribution is -2.35. The van der Waals surface area contributed by atoms with Crippen molar-refractivity contribution in [1.29, 1.82) is 0 Å². The Hall–Kier alpha value is -1.06. The highest BCUT2D eigenvalue weighted by molar-refractivity contribution is 5.35. The number of nitrogens with one attached hydrogen (secondary N) is 1. The summed E-state index contributed by atoms with van der Waals surface area (Å²) in [6, 6.07) is 8.01. The van der Waals surface area contributed by atoms with Crippen molar-refractivity contribution in [3.63, 3.8) is 0 Å². The summed E-state index contributed by atoms with van der Waals surface area (Å²) in [6.45, 7) is 5.73. The SMILES string of the molecule is CCc1cc(OC)ccc1CN1CCC2CCC(C1)N2. The van der Waals surface area contributed by atoms with Gasteiger partial charge in [-0.1, -0.05) is 13.0 Å². The predicted molar refractivity (Wildman–Crippen MR) is 82.2 cm³/mol. The summed E-state index contributed by atoms with van der Waals surface area (Å²) < 4.78 is 5.34. The number of rotatable bonds is 4. The van der Waals surface area contributed by atoms with Gasteiger partial charge in [-0.15, -0.1) is 0 Å². The molecule has 0 radical (unpaired) electrons. The molecular formula is C17H26N2O. The summed E-state index contributed by atoms with van der Waals surface area (Å²) in [6.07, 6.45) is 5.10. The van der Waals surface area contributed by atoms with E-state index in [1.54, 1.807) is 7.11 Å². The zero-order chi connectivity index (χ0) is 13.9. The van der Waals surface area contributed by atoms with Gasteiger partial charge in [0, 0.05) is 31.7 Å². The van der Waals surface area contributed by atoms with Crippen molar-refractivity contribution < 1.29 is 4.74 Å². The largest absolute Gasteiger partial charge is 0.497 e. The Morgan fingerprint density at radius 2 is 2.05 bits per heavy atom. The van der Waals surface area contributed by atoms with Gasteiger partial charge in [-0.05, 0) is 48.9 Å². The lowest BCUT2D eigenvalue weighted by atomic mass is 10.0. The second-order valence-electron chi connectivity index (χ2n) is 6.15. The van der Waals surface area contributed by atoms with Gasteiger partial charge < -0.3 is 10.1 Å². The van der Waals surface area contributed by atoms with Crippen LogP contribution < -0.4 is 10.1 Å². The van der Waals surface area contributed by atoms with Crippen LogP contribution in [-0.2, 0) is 13.0 Å². The van der Waals surface area contributed by atoms with Crippen LogP contribution in [0.3, 0.4) is 0 Å². The monoisotopic (exact) mass is 274 g/mol. The second kappa shape index (κ2) is 6.15. The standard InChI is InChI=1S/C17H26N2O/c1-3-13-10-17(20-2)7-4-14(13)11-19-9-8-15-5-6-16(12-19)18-15/h4,7,10,15-16,18H,3,5-6,8-9,11-12H2,1-2H3. The summed E-state index contributed by atoms with van der Waals surface area (Å²) in [5.74, 6) is 0.974. The molecule has 2 aliphatic heterocycles.